The summed E-state index contributed by atoms with van der Waals surface area (Å²) in [5, 5.41) is 13.8. The van der Waals surface area contributed by atoms with E-state index in [2.05, 4.69) is 5.32 Å². The minimum atomic E-state index is -0.901. The number of nitrogens with one attached hydrogen (secondary N) is 1. The molecule has 0 radical (unpaired) electrons. The average molecular weight is 328 g/mol. The highest BCUT2D eigenvalue weighted by atomic mass is 35.5. The van der Waals surface area contributed by atoms with Crippen LogP contribution in [0.4, 0.5) is 5.69 Å². The number of furan rings is 1. The quantitative estimate of drug-likeness (QED) is 0.752. The lowest BCUT2D eigenvalue weighted by molar-refractivity contribution is 0.0996. The minimum Gasteiger partial charge on any atom is -0.459 e. The van der Waals surface area contributed by atoms with Crippen LogP contribution in [0.1, 0.15) is 27.8 Å². The van der Waals surface area contributed by atoms with Gasteiger partial charge in [0.1, 0.15) is 6.10 Å². The molecule has 4 nitrogen and oxygen atoms in total. The zero-order chi connectivity index (χ0) is 16.2. The molecule has 0 aliphatic heterocycles. The number of carbonyl (C=O) groups is 1. The number of carbonyl (C=O) groups excluding carboxylic acids is 1. The van der Waals surface area contributed by atoms with E-state index in [1.54, 1.807) is 30.3 Å². The summed E-state index contributed by atoms with van der Waals surface area (Å²) in [6.07, 6.45) is 0.526. The van der Waals surface area contributed by atoms with Crippen LogP contribution in [0.15, 0.2) is 71.3 Å². The maximum atomic E-state index is 12.2. The standard InChI is InChI=1S/C18H14ClNO3/c19-13-8-9-15(20-18(22)16-7-4-10-23-16)14(11-13)17(21)12-5-2-1-3-6-12/h1-11,17,21H,(H,20,22)/t17-/m0/s1. The molecule has 0 saturated carbocycles. The third kappa shape index (κ3) is 3.44. The predicted octanol–water partition coefficient (Wildman–Crippen LogP) is 4.27. The van der Waals surface area contributed by atoms with Gasteiger partial charge in [-0.15, -0.1) is 0 Å². The molecule has 3 rings (SSSR count). The molecular formula is C18H14ClNO3. The Balaban J connectivity index is 1.93. The van der Waals surface area contributed by atoms with Crippen LogP contribution in [0, 0.1) is 0 Å². The van der Waals surface area contributed by atoms with Crippen molar-refractivity contribution in [3.8, 4) is 0 Å². The highest BCUT2D eigenvalue weighted by molar-refractivity contribution is 6.30. The largest absolute Gasteiger partial charge is 0.459 e. The maximum absolute atomic E-state index is 12.2. The van der Waals surface area contributed by atoms with E-state index in [0.29, 0.717) is 21.8 Å². The molecule has 1 atom stereocenters. The highest BCUT2D eigenvalue weighted by Gasteiger charge is 2.18. The van der Waals surface area contributed by atoms with Crippen LogP contribution in [0.5, 0.6) is 0 Å². The van der Waals surface area contributed by atoms with Crippen LogP contribution < -0.4 is 5.32 Å². The predicted molar refractivity (Wildman–Crippen MR) is 88.6 cm³/mol. The van der Waals surface area contributed by atoms with Gasteiger partial charge in [0.25, 0.3) is 5.91 Å². The van der Waals surface area contributed by atoms with E-state index in [0.717, 1.165) is 0 Å². The lowest BCUT2D eigenvalue weighted by atomic mass is 10.00. The lowest BCUT2D eigenvalue weighted by Crippen LogP contribution is -2.14. The van der Waals surface area contributed by atoms with Crippen LogP contribution in [0.25, 0.3) is 0 Å². The molecule has 5 heteroatoms. The first-order valence-corrected chi connectivity index (χ1v) is 7.40. The van der Waals surface area contributed by atoms with Crippen molar-refractivity contribution in [1.29, 1.82) is 0 Å². The summed E-state index contributed by atoms with van der Waals surface area (Å²) in [6.45, 7) is 0. The summed E-state index contributed by atoms with van der Waals surface area (Å²) < 4.78 is 5.08. The van der Waals surface area contributed by atoms with Crippen LogP contribution >= 0.6 is 11.6 Å². The van der Waals surface area contributed by atoms with Gasteiger partial charge in [-0.1, -0.05) is 41.9 Å². The second-order valence-corrected chi connectivity index (χ2v) is 5.41. The fraction of sp³-hybridized carbons (Fsp3) is 0.0556. The number of amides is 1. The van der Waals surface area contributed by atoms with E-state index < -0.39 is 6.10 Å². The molecule has 3 aromatic rings. The van der Waals surface area contributed by atoms with Gasteiger partial charge in [0, 0.05) is 16.3 Å². The third-order valence-electron chi connectivity index (χ3n) is 3.42. The van der Waals surface area contributed by atoms with Crippen LogP contribution in [-0.4, -0.2) is 11.0 Å². The van der Waals surface area contributed by atoms with E-state index in [9.17, 15) is 9.90 Å². The summed E-state index contributed by atoms with van der Waals surface area (Å²) in [5.41, 5.74) is 1.71. The summed E-state index contributed by atoms with van der Waals surface area (Å²) in [7, 11) is 0. The number of rotatable bonds is 4. The van der Waals surface area contributed by atoms with Crippen molar-refractivity contribution in [2.75, 3.05) is 5.32 Å². The molecular weight excluding hydrogens is 314 g/mol. The highest BCUT2D eigenvalue weighted by Crippen LogP contribution is 2.31. The van der Waals surface area contributed by atoms with E-state index in [4.69, 9.17) is 16.0 Å². The first kappa shape index (κ1) is 15.3. The van der Waals surface area contributed by atoms with E-state index in [1.165, 1.54) is 6.26 Å². The minimum absolute atomic E-state index is 0.195. The van der Waals surface area contributed by atoms with Gasteiger partial charge in [0.2, 0.25) is 0 Å². The molecule has 0 aliphatic carbocycles. The summed E-state index contributed by atoms with van der Waals surface area (Å²) in [6, 6.07) is 17.3. The molecule has 0 aliphatic rings. The van der Waals surface area contributed by atoms with Crippen LogP contribution in [-0.2, 0) is 0 Å². The SMILES string of the molecule is O=C(Nc1ccc(Cl)cc1[C@@H](O)c1ccccc1)c1ccco1. The van der Waals surface area contributed by atoms with Crippen molar-refractivity contribution >= 4 is 23.2 Å². The number of benzene rings is 2. The van der Waals surface area contributed by atoms with Crippen molar-refractivity contribution < 1.29 is 14.3 Å². The molecule has 1 amide bonds. The zero-order valence-electron chi connectivity index (χ0n) is 12.1. The number of hydrogen-bond donors (Lipinski definition) is 2. The molecule has 0 spiro atoms. The molecule has 1 heterocycles. The Morgan fingerprint density at radius 3 is 2.57 bits per heavy atom. The molecule has 2 aromatic carbocycles. The zero-order valence-corrected chi connectivity index (χ0v) is 12.8. The molecule has 0 saturated heterocycles. The van der Waals surface area contributed by atoms with Gasteiger partial charge < -0.3 is 14.8 Å². The topological polar surface area (TPSA) is 62.5 Å². The van der Waals surface area contributed by atoms with Crippen LogP contribution in [0.2, 0.25) is 5.02 Å². The molecule has 0 bridgehead atoms. The smallest absolute Gasteiger partial charge is 0.291 e. The Labute approximate surface area is 138 Å². The monoisotopic (exact) mass is 327 g/mol. The maximum Gasteiger partial charge on any atom is 0.291 e. The van der Waals surface area contributed by atoms with Gasteiger partial charge in [-0.2, -0.15) is 0 Å². The first-order chi connectivity index (χ1) is 11.1. The number of hydrogen-bond acceptors (Lipinski definition) is 3. The van der Waals surface area contributed by atoms with Gasteiger partial charge >= 0.3 is 0 Å². The van der Waals surface area contributed by atoms with Gasteiger partial charge in [-0.25, -0.2) is 0 Å². The molecule has 116 valence electrons. The molecule has 23 heavy (non-hydrogen) atoms. The van der Waals surface area contributed by atoms with Crippen molar-refractivity contribution in [3.63, 3.8) is 0 Å². The molecule has 2 N–H and O–H groups in total. The van der Waals surface area contributed by atoms with E-state index in [-0.39, 0.29) is 11.7 Å². The van der Waals surface area contributed by atoms with Crippen molar-refractivity contribution in [2.45, 2.75) is 6.10 Å². The van der Waals surface area contributed by atoms with Crippen LogP contribution in [0.3, 0.4) is 0 Å². The summed E-state index contributed by atoms with van der Waals surface area (Å²) in [5.74, 6) is -0.195. The van der Waals surface area contributed by atoms with Gasteiger partial charge in [-0.3, -0.25) is 4.79 Å². The Morgan fingerprint density at radius 2 is 1.87 bits per heavy atom. The first-order valence-electron chi connectivity index (χ1n) is 7.02. The van der Waals surface area contributed by atoms with Gasteiger partial charge in [-0.05, 0) is 35.9 Å². The lowest BCUT2D eigenvalue weighted by Gasteiger charge is -2.17. The fourth-order valence-corrected chi connectivity index (χ4v) is 2.46. The molecule has 1 aromatic heterocycles. The second-order valence-electron chi connectivity index (χ2n) is 4.98. The van der Waals surface area contributed by atoms with Crippen molar-refractivity contribution in [1.82, 2.24) is 0 Å². The Hall–Kier alpha value is -2.56. The van der Waals surface area contributed by atoms with E-state index in [1.807, 2.05) is 30.3 Å². The number of aliphatic hydroxyl groups excluding tert-OH is 1. The van der Waals surface area contributed by atoms with Gasteiger partial charge in [0.15, 0.2) is 5.76 Å². The van der Waals surface area contributed by atoms with Crippen molar-refractivity contribution in [3.05, 3.63) is 88.8 Å². The Morgan fingerprint density at radius 1 is 1.09 bits per heavy atom. The number of aliphatic hydroxyl groups is 1. The molecule has 0 fully saturated rings. The normalized spacial score (nSPS) is 11.9. The summed E-state index contributed by atoms with van der Waals surface area (Å²) >= 11 is 6.04. The summed E-state index contributed by atoms with van der Waals surface area (Å²) in [4.78, 5) is 12.2. The van der Waals surface area contributed by atoms with Crippen molar-refractivity contribution in [2.24, 2.45) is 0 Å². The Bertz CT molecular complexity index is 800. The second kappa shape index (κ2) is 6.69. The fourth-order valence-electron chi connectivity index (χ4n) is 2.28. The third-order valence-corrected chi connectivity index (χ3v) is 3.65. The number of halogens is 1. The van der Waals surface area contributed by atoms with Gasteiger partial charge in [0.05, 0.1) is 6.26 Å². The Kier molecular flexibility index (Phi) is 4.46. The molecule has 0 unspecified atom stereocenters. The average Bonchev–Trinajstić information content (AvgIpc) is 3.11. The number of anilines is 1. The van der Waals surface area contributed by atoms with E-state index >= 15 is 0 Å².